The van der Waals surface area contributed by atoms with Crippen LogP contribution in [0.1, 0.15) is 13.8 Å². The maximum absolute atomic E-state index is 11.6. The van der Waals surface area contributed by atoms with Crippen LogP contribution in [0.5, 0.6) is 5.75 Å². The molecule has 0 aliphatic carbocycles. The van der Waals surface area contributed by atoms with E-state index in [0.717, 1.165) is 44.4 Å². The fraction of sp³-hybridized carbons (Fsp3) is 0.529. The SMILES string of the molecule is CCNC(=O)CN=C(NCC)N1CCN(c2ccccc2O)CC1. The number of anilines is 1. The van der Waals surface area contributed by atoms with E-state index >= 15 is 0 Å². The van der Waals surface area contributed by atoms with E-state index in [1.54, 1.807) is 6.07 Å². The number of aliphatic imine (C=N–C) groups is 1. The first-order valence-electron chi connectivity index (χ1n) is 8.48. The molecule has 0 aromatic heterocycles. The van der Waals surface area contributed by atoms with Gasteiger partial charge in [-0.3, -0.25) is 4.79 Å². The van der Waals surface area contributed by atoms with Gasteiger partial charge in [0, 0.05) is 39.3 Å². The van der Waals surface area contributed by atoms with E-state index in [-0.39, 0.29) is 12.5 Å². The third kappa shape index (κ3) is 4.78. The van der Waals surface area contributed by atoms with Gasteiger partial charge in [-0.15, -0.1) is 0 Å². The number of nitrogens with one attached hydrogen (secondary N) is 2. The van der Waals surface area contributed by atoms with E-state index in [2.05, 4.69) is 25.4 Å². The summed E-state index contributed by atoms with van der Waals surface area (Å²) in [5.41, 5.74) is 0.862. The van der Waals surface area contributed by atoms with Crippen LogP contribution in [0.3, 0.4) is 0 Å². The van der Waals surface area contributed by atoms with Crippen molar-refractivity contribution >= 4 is 17.6 Å². The lowest BCUT2D eigenvalue weighted by Gasteiger charge is -2.37. The van der Waals surface area contributed by atoms with Crippen LogP contribution in [0.15, 0.2) is 29.3 Å². The van der Waals surface area contributed by atoms with Gasteiger partial charge in [0.1, 0.15) is 12.3 Å². The lowest BCUT2D eigenvalue weighted by atomic mass is 10.2. The Balaban J connectivity index is 1.96. The first-order valence-corrected chi connectivity index (χ1v) is 8.48. The topological polar surface area (TPSA) is 80.2 Å². The van der Waals surface area contributed by atoms with Crippen LogP contribution in [0.4, 0.5) is 5.69 Å². The van der Waals surface area contributed by atoms with Crippen LogP contribution >= 0.6 is 0 Å². The second kappa shape index (κ2) is 9.00. The maximum atomic E-state index is 11.6. The molecular weight excluding hydrogens is 306 g/mol. The summed E-state index contributed by atoms with van der Waals surface area (Å²) < 4.78 is 0. The summed E-state index contributed by atoms with van der Waals surface area (Å²) in [6, 6.07) is 7.39. The number of para-hydroxylation sites is 2. The molecule has 0 spiro atoms. The van der Waals surface area contributed by atoms with Gasteiger partial charge >= 0.3 is 0 Å². The number of rotatable bonds is 5. The molecule has 1 aromatic rings. The molecule has 1 saturated heterocycles. The standard InChI is InChI=1S/C17H27N5O2/c1-3-18-16(24)13-20-17(19-4-2)22-11-9-21(10-12-22)14-7-5-6-8-15(14)23/h5-8,23H,3-4,9-13H2,1-2H3,(H,18,24)(H,19,20). The second-order valence-corrected chi connectivity index (χ2v) is 5.59. The first kappa shape index (κ1) is 17.9. The van der Waals surface area contributed by atoms with Gasteiger partial charge < -0.3 is 25.5 Å². The average Bonchev–Trinajstić information content (AvgIpc) is 2.59. The van der Waals surface area contributed by atoms with Crippen LogP contribution in [0.25, 0.3) is 0 Å². The van der Waals surface area contributed by atoms with Crippen LogP contribution in [-0.4, -0.2) is 67.7 Å². The Morgan fingerprint density at radius 1 is 1.12 bits per heavy atom. The molecular formula is C17H27N5O2. The molecule has 7 nitrogen and oxygen atoms in total. The third-order valence-electron chi connectivity index (χ3n) is 3.88. The summed E-state index contributed by atoms with van der Waals surface area (Å²) in [5.74, 6) is 1.00. The monoisotopic (exact) mass is 333 g/mol. The van der Waals surface area contributed by atoms with Gasteiger partial charge in [0.25, 0.3) is 0 Å². The Bertz CT molecular complexity index is 568. The number of likely N-dealkylation sites (N-methyl/N-ethyl adjacent to an activating group) is 1. The molecule has 0 atom stereocenters. The number of hydrogen-bond acceptors (Lipinski definition) is 4. The van der Waals surface area contributed by atoms with Crippen molar-refractivity contribution in [3.63, 3.8) is 0 Å². The predicted octanol–water partition coefficient (Wildman–Crippen LogP) is 0.616. The van der Waals surface area contributed by atoms with Gasteiger partial charge in [-0.1, -0.05) is 12.1 Å². The largest absolute Gasteiger partial charge is 0.506 e. The summed E-state index contributed by atoms with van der Waals surface area (Å²) in [6.45, 7) is 8.58. The molecule has 0 saturated carbocycles. The van der Waals surface area contributed by atoms with E-state index in [1.165, 1.54) is 0 Å². The van der Waals surface area contributed by atoms with Crippen molar-refractivity contribution in [2.24, 2.45) is 4.99 Å². The van der Waals surface area contributed by atoms with Gasteiger partial charge in [0.15, 0.2) is 5.96 Å². The molecule has 3 N–H and O–H groups in total. The Labute approximate surface area is 143 Å². The van der Waals surface area contributed by atoms with Crippen LogP contribution in [-0.2, 0) is 4.79 Å². The fourth-order valence-electron chi connectivity index (χ4n) is 2.72. The van der Waals surface area contributed by atoms with E-state index in [4.69, 9.17) is 0 Å². The van der Waals surface area contributed by atoms with Crippen molar-refractivity contribution in [3.05, 3.63) is 24.3 Å². The molecule has 24 heavy (non-hydrogen) atoms. The lowest BCUT2D eigenvalue weighted by molar-refractivity contribution is -0.119. The number of hydrogen-bond donors (Lipinski definition) is 3. The highest BCUT2D eigenvalue weighted by Crippen LogP contribution is 2.27. The van der Waals surface area contributed by atoms with Crippen LogP contribution in [0, 0.1) is 0 Å². The molecule has 7 heteroatoms. The number of aromatic hydroxyl groups is 1. The number of amides is 1. The van der Waals surface area contributed by atoms with Gasteiger partial charge in [-0.05, 0) is 26.0 Å². The molecule has 1 heterocycles. The molecule has 1 aliphatic heterocycles. The summed E-state index contributed by atoms with van der Waals surface area (Å²) in [5, 5.41) is 16.0. The molecule has 0 radical (unpaired) electrons. The fourth-order valence-corrected chi connectivity index (χ4v) is 2.72. The van der Waals surface area contributed by atoms with Gasteiger partial charge in [-0.2, -0.15) is 0 Å². The summed E-state index contributed by atoms with van der Waals surface area (Å²) in [7, 11) is 0. The normalized spacial score (nSPS) is 15.3. The number of carbonyl (C=O) groups excluding carboxylic acids is 1. The zero-order chi connectivity index (χ0) is 17.4. The molecule has 1 aliphatic rings. The Hall–Kier alpha value is -2.44. The molecule has 0 unspecified atom stereocenters. The summed E-state index contributed by atoms with van der Waals surface area (Å²) in [6.07, 6.45) is 0. The molecule has 1 fully saturated rings. The molecule has 0 bridgehead atoms. The van der Waals surface area contributed by atoms with Crippen LogP contribution in [0.2, 0.25) is 0 Å². The third-order valence-corrected chi connectivity index (χ3v) is 3.88. The number of piperazine rings is 1. The van der Waals surface area contributed by atoms with Crippen LogP contribution < -0.4 is 15.5 Å². The van der Waals surface area contributed by atoms with E-state index in [9.17, 15) is 9.90 Å². The van der Waals surface area contributed by atoms with Gasteiger partial charge in [0.2, 0.25) is 5.91 Å². The Kier molecular flexibility index (Phi) is 6.72. The quantitative estimate of drug-likeness (QED) is 0.544. The minimum atomic E-state index is -0.0688. The highest BCUT2D eigenvalue weighted by Gasteiger charge is 2.21. The summed E-state index contributed by atoms with van der Waals surface area (Å²) >= 11 is 0. The van der Waals surface area contributed by atoms with E-state index in [0.29, 0.717) is 12.3 Å². The predicted molar refractivity (Wildman–Crippen MR) is 96.6 cm³/mol. The average molecular weight is 333 g/mol. The van der Waals surface area contributed by atoms with Crippen molar-refractivity contribution in [3.8, 4) is 5.75 Å². The smallest absolute Gasteiger partial charge is 0.241 e. The van der Waals surface area contributed by atoms with Crippen molar-refractivity contribution in [1.29, 1.82) is 0 Å². The Morgan fingerprint density at radius 2 is 1.79 bits per heavy atom. The number of nitrogens with zero attached hydrogens (tertiary/aromatic N) is 3. The lowest BCUT2D eigenvalue weighted by Crippen LogP contribution is -2.52. The van der Waals surface area contributed by atoms with Gasteiger partial charge in [-0.25, -0.2) is 4.99 Å². The summed E-state index contributed by atoms with van der Waals surface area (Å²) in [4.78, 5) is 20.3. The van der Waals surface area contributed by atoms with Crippen molar-refractivity contribution in [2.75, 3.05) is 50.7 Å². The molecule has 1 aromatic carbocycles. The zero-order valence-electron chi connectivity index (χ0n) is 14.5. The van der Waals surface area contributed by atoms with Crippen molar-refractivity contribution < 1.29 is 9.90 Å². The van der Waals surface area contributed by atoms with Crippen molar-refractivity contribution in [2.45, 2.75) is 13.8 Å². The highest BCUT2D eigenvalue weighted by atomic mass is 16.3. The minimum Gasteiger partial charge on any atom is -0.506 e. The number of benzene rings is 1. The van der Waals surface area contributed by atoms with Crippen molar-refractivity contribution in [1.82, 2.24) is 15.5 Å². The highest BCUT2D eigenvalue weighted by molar-refractivity contribution is 5.85. The number of guanidine groups is 1. The number of carbonyl (C=O) groups is 1. The van der Waals surface area contributed by atoms with E-state index < -0.39 is 0 Å². The first-order chi connectivity index (χ1) is 11.7. The number of phenols is 1. The number of phenolic OH excluding ortho intramolecular Hbond substituents is 1. The minimum absolute atomic E-state index is 0.0688. The van der Waals surface area contributed by atoms with Gasteiger partial charge in [0.05, 0.1) is 5.69 Å². The zero-order valence-corrected chi connectivity index (χ0v) is 14.5. The molecule has 2 rings (SSSR count). The molecule has 1 amide bonds. The molecule has 132 valence electrons. The second-order valence-electron chi connectivity index (χ2n) is 5.59. The maximum Gasteiger partial charge on any atom is 0.241 e. The Morgan fingerprint density at radius 3 is 2.42 bits per heavy atom. The van der Waals surface area contributed by atoms with E-state index in [1.807, 2.05) is 32.0 Å².